The summed E-state index contributed by atoms with van der Waals surface area (Å²) in [5.74, 6) is -1.35. The van der Waals surface area contributed by atoms with Crippen molar-refractivity contribution in [2.45, 2.75) is 13.0 Å². The molecule has 5 nitrogen and oxygen atoms in total. The van der Waals surface area contributed by atoms with Crippen molar-refractivity contribution in [3.8, 4) is 17.3 Å². The van der Waals surface area contributed by atoms with Crippen molar-refractivity contribution in [2.75, 3.05) is 11.9 Å². The lowest BCUT2D eigenvalue weighted by atomic mass is 10.1. The second-order valence-corrected chi connectivity index (χ2v) is 5.24. The Morgan fingerprint density at radius 1 is 1.23 bits per heavy atom. The lowest BCUT2D eigenvalue weighted by Gasteiger charge is -2.23. The minimum atomic E-state index is -0.917. The zero-order chi connectivity index (χ0) is 15.3. The first-order valence-corrected chi connectivity index (χ1v) is 6.87. The first-order chi connectivity index (χ1) is 10.6. The predicted molar refractivity (Wildman–Crippen MR) is 77.8 cm³/mol. The minimum Gasteiger partial charge on any atom is -0.471 e. The van der Waals surface area contributed by atoms with E-state index in [9.17, 15) is 8.78 Å². The van der Waals surface area contributed by atoms with E-state index in [0.29, 0.717) is 34.7 Å². The second-order valence-electron chi connectivity index (χ2n) is 5.24. The van der Waals surface area contributed by atoms with Crippen LogP contribution in [0, 0.1) is 11.6 Å². The van der Waals surface area contributed by atoms with Gasteiger partial charge in [-0.3, -0.25) is 5.10 Å². The molecule has 7 heteroatoms. The van der Waals surface area contributed by atoms with Gasteiger partial charge in [0.25, 0.3) is 0 Å². The van der Waals surface area contributed by atoms with Crippen LogP contribution in [0.3, 0.4) is 0 Å². The summed E-state index contributed by atoms with van der Waals surface area (Å²) in [6.45, 7) is 2.65. The number of aromatic nitrogens is 3. The van der Waals surface area contributed by atoms with Gasteiger partial charge in [0.05, 0.1) is 23.4 Å². The van der Waals surface area contributed by atoms with Gasteiger partial charge in [0.1, 0.15) is 11.8 Å². The van der Waals surface area contributed by atoms with E-state index in [1.165, 1.54) is 0 Å². The molecule has 3 heterocycles. The van der Waals surface area contributed by atoms with Crippen LogP contribution in [0.15, 0.2) is 24.3 Å². The Bertz CT molecular complexity index is 877. The molecule has 1 unspecified atom stereocenters. The van der Waals surface area contributed by atoms with Crippen molar-refractivity contribution >= 4 is 16.6 Å². The van der Waals surface area contributed by atoms with E-state index in [1.807, 2.05) is 13.0 Å². The van der Waals surface area contributed by atoms with Crippen LogP contribution < -0.4 is 10.1 Å². The fraction of sp³-hybridized carbons (Fsp3) is 0.200. The molecule has 4 rings (SSSR count). The monoisotopic (exact) mass is 302 g/mol. The highest BCUT2D eigenvalue weighted by atomic mass is 19.2. The van der Waals surface area contributed by atoms with Crippen molar-refractivity contribution < 1.29 is 13.5 Å². The number of anilines is 1. The number of rotatable bonds is 1. The van der Waals surface area contributed by atoms with E-state index in [-0.39, 0.29) is 6.10 Å². The van der Waals surface area contributed by atoms with Gasteiger partial charge in [-0.2, -0.15) is 5.10 Å². The molecule has 0 aliphatic carbocycles. The molecule has 0 fully saturated rings. The number of H-pyrrole nitrogens is 1. The van der Waals surface area contributed by atoms with E-state index in [1.54, 1.807) is 6.07 Å². The normalized spacial score (nSPS) is 17.0. The first kappa shape index (κ1) is 13.0. The van der Waals surface area contributed by atoms with E-state index >= 15 is 0 Å². The van der Waals surface area contributed by atoms with Crippen LogP contribution in [0.4, 0.5) is 14.5 Å². The predicted octanol–water partition coefficient (Wildman–Crippen LogP) is 3.10. The molecule has 3 aromatic rings. The Hall–Kier alpha value is -2.70. The van der Waals surface area contributed by atoms with E-state index < -0.39 is 11.6 Å². The highest BCUT2D eigenvalue weighted by molar-refractivity contribution is 5.92. The van der Waals surface area contributed by atoms with Gasteiger partial charge < -0.3 is 10.1 Å². The van der Waals surface area contributed by atoms with Gasteiger partial charge in [-0.1, -0.05) is 0 Å². The summed E-state index contributed by atoms with van der Waals surface area (Å²) in [5.41, 5.74) is 2.21. The maximum atomic E-state index is 13.5. The summed E-state index contributed by atoms with van der Waals surface area (Å²) in [6.07, 6.45) is 0.0118. The van der Waals surface area contributed by atoms with Gasteiger partial charge in [-0.15, -0.1) is 0 Å². The number of halogens is 2. The number of pyridine rings is 1. The highest BCUT2D eigenvalue weighted by Gasteiger charge is 2.19. The zero-order valence-electron chi connectivity index (χ0n) is 11.7. The summed E-state index contributed by atoms with van der Waals surface area (Å²) in [4.78, 5) is 4.42. The SMILES string of the molecule is CC1CNc2ccc(-c3n[nH]c4cc(F)c(F)cc34)nc2O1. The van der Waals surface area contributed by atoms with Gasteiger partial charge in [0.2, 0.25) is 5.88 Å². The summed E-state index contributed by atoms with van der Waals surface area (Å²) in [6, 6.07) is 5.80. The van der Waals surface area contributed by atoms with Gasteiger partial charge in [-0.25, -0.2) is 13.8 Å². The molecule has 2 aromatic heterocycles. The third-order valence-corrected chi connectivity index (χ3v) is 3.60. The van der Waals surface area contributed by atoms with Crippen molar-refractivity contribution in [1.29, 1.82) is 0 Å². The highest BCUT2D eigenvalue weighted by Crippen LogP contribution is 2.32. The Balaban J connectivity index is 1.85. The average molecular weight is 302 g/mol. The van der Waals surface area contributed by atoms with Crippen LogP contribution in [-0.2, 0) is 0 Å². The summed E-state index contributed by atoms with van der Waals surface area (Å²) >= 11 is 0. The molecule has 1 atom stereocenters. The quantitative estimate of drug-likeness (QED) is 0.725. The van der Waals surface area contributed by atoms with E-state index in [4.69, 9.17) is 4.74 Å². The number of aromatic amines is 1. The third-order valence-electron chi connectivity index (χ3n) is 3.60. The number of hydrogen-bond donors (Lipinski definition) is 2. The lowest BCUT2D eigenvalue weighted by molar-refractivity contribution is 0.217. The topological polar surface area (TPSA) is 62.8 Å². The van der Waals surface area contributed by atoms with E-state index in [2.05, 4.69) is 20.5 Å². The average Bonchev–Trinajstić information content (AvgIpc) is 2.89. The molecule has 0 amide bonds. The van der Waals surface area contributed by atoms with E-state index in [0.717, 1.165) is 17.8 Å². The molecular weight excluding hydrogens is 290 g/mol. The molecule has 1 aromatic carbocycles. The molecule has 0 spiro atoms. The Labute approximate surface area is 124 Å². The Kier molecular flexibility index (Phi) is 2.75. The third kappa shape index (κ3) is 1.97. The number of nitrogens with zero attached hydrogens (tertiary/aromatic N) is 2. The number of ether oxygens (including phenoxy) is 1. The Morgan fingerprint density at radius 3 is 2.91 bits per heavy atom. The first-order valence-electron chi connectivity index (χ1n) is 6.87. The van der Waals surface area contributed by atoms with Crippen LogP contribution in [0.5, 0.6) is 5.88 Å². The maximum Gasteiger partial charge on any atom is 0.238 e. The fourth-order valence-electron chi connectivity index (χ4n) is 2.49. The smallest absolute Gasteiger partial charge is 0.238 e. The molecule has 0 saturated carbocycles. The largest absolute Gasteiger partial charge is 0.471 e. The van der Waals surface area contributed by atoms with Gasteiger partial charge >= 0.3 is 0 Å². The van der Waals surface area contributed by atoms with Crippen LogP contribution in [0.25, 0.3) is 22.3 Å². The lowest BCUT2D eigenvalue weighted by Crippen LogP contribution is -2.28. The number of nitrogens with one attached hydrogen (secondary N) is 2. The van der Waals surface area contributed by atoms with Crippen LogP contribution >= 0.6 is 0 Å². The van der Waals surface area contributed by atoms with Gasteiger partial charge in [-0.05, 0) is 25.1 Å². The zero-order valence-corrected chi connectivity index (χ0v) is 11.7. The molecule has 112 valence electrons. The second kappa shape index (κ2) is 4.66. The van der Waals surface area contributed by atoms with Crippen LogP contribution in [0.1, 0.15) is 6.92 Å². The van der Waals surface area contributed by atoms with Crippen molar-refractivity contribution in [3.05, 3.63) is 35.9 Å². The molecule has 2 N–H and O–H groups in total. The standard InChI is InChI=1S/C15H12F2N4O/c1-7-6-18-12-3-2-11(19-15(12)22-7)14-8-4-9(16)10(17)5-13(8)20-21-14/h2-5,7,18H,6H2,1H3,(H,20,21). The molecule has 0 radical (unpaired) electrons. The molecule has 1 aliphatic rings. The van der Waals surface area contributed by atoms with Crippen LogP contribution in [-0.4, -0.2) is 27.8 Å². The minimum absolute atomic E-state index is 0.0118. The van der Waals surface area contributed by atoms with Crippen LogP contribution in [0.2, 0.25) is 0 Å². The molecule has 22 heavy (non-hydrogen) atoms. The molecule has 0 bridgehead atoms. The fourth-order valence-corrected chi connectivity index (χ4v) is 2.49. The number of fused-ring (bicyclic) bond motifs is 2. The van der Waals surface area contributed by atoms with Gasteiger partial charge in [0, 0.05) is 11.5 Å². The molecular formula is C15H12F2N4O. The van der Waals surface area contributed by atoms with Crippen molar-refractivity contribution in [2.24, 2.45) is 0 Å². The number of benzene rings is 1. The molecule has 1 aliphatic heterocycles. The summed E-state index contributed by atoms with van der Waals surface area (Å²) in [7, 11) is 0. The van der Waals surface area contributed by atoms with Crippen molar-refractivity contribution in [3.63, 3.8) is 0 Å². The number of hydrogen-bond acceptors (Lipinski definition) is 4. The van der Waals surface area contributed by atoms with Crippen molar-refractivity contribution in [1.82, 2.24) is 15.2 Å². The summed E-state index contributed by atoms with van der Waals surface area (Å²) < 4.78 is 32.4. The summed E-state index contributed by atoms with van der Waals surface area (Å²) in [5, 5.41) is 10.5. The maximum absolute atomic E-state index is 13.5. The Morgan fingerprint density at radius 2 is 2.05 bits per heavy atom. The van der Waals surface area contributed by atoms with Gasteiger partial charge in [0.15, 0.2) is 11.6 Å². The molecule has 0 saturated heterocycles.